The van der Waals surface area contributed by atoms with Crippen LogP contribution in [0.15, 0.2) is 40.9 Å². The Morgan fingerprint density at radius 3 is 2.52 bits per heavy atom. The first-order chi connectivity index (χ1) is 9.60. The number of carbonyl (C=O) groups excluding carboxylic acids is 1. The third-order valence-corrected chi connectivity index (χ3v) is 4.68. The summed E-state index contributed by atoms with van der Waals surface area (Å²) in [6, 6.07) is 12.2. The molecule has 2 rings (SSSR count). The number of nitrogens with one attached hydrogen (secondary N) is 2. The van der Waals surface area contributed by atoms with Gasteiger partial charge in [0.15, 0.2) is 0 Å². The van der Waals surface area contributed by atoms with Crippen molar-refractivity contribution in [2.24, 2.45) is 0 Å². The van der Waals surface area contributed by atoms with Crippen molar-refractivity contribution < 1.29 is 4.79 Å². The maximum absolute atomic E-state index is 12.0. The average molecular weight is 390 g/mol. The lowest BCUT2D eigenvalue weighted by molar-refractivity contribution is 0.0954. The van der Waals surface area contributed by atoms with Gasteiger partial charge in [-0.1, -0.05) is 28.1 Å². The topological polar surface area (TPSA) is 41.1 Å². The largest absolute Gasteiger partial charge is 0.350 e. The molecule has 0 bridgehead atoms. The number of thiophene rings is 1. The van der Waals surface area contributed by atoms with Gasteiger partial charge < -0.3 is 10.6 Å². The van der Waals surface area contributed by atoms with Crippen molar-refractivity contribution in [2.45, 2.75) is 13.0 Å². The van der Waals surface area contributed by atoms with Gasteiger partial charge in [-0.2, -0.15) is 0 Å². The first-order valence-corrected chi connectivity index (χ1v) is 8.02. The summed E-state index contributed by atoms with van der Waals surface area (Å²) in [6.07, 6.45) is 0. The number of rotatable bonds is 5. The minimum Gasteiger partial charge on any atom is -0.350 e. The molecule has 0 aliphatic carbocycles. The van der Waals surface area contributed by atoms with Gasteiger partial charge in [0, 0.05) is 21.9 Å². The fourth-order valence-electron chi connectivity index (χ4n) is 1.66. The van der Waals surface area contributed by atoms with Crippen LogP contribution in [0.3, 0.4) is 0 Å². The molecule has 21 heavy (non-hydrogen) atoms. The molecular weight excluding hydrogens is 372 g/mol. The molecule has 2 N–H and O–H groups in total. The molecule has 1 aromatic heterocycles. The molecule has 2 aromatic rings. The Bertz CT molecular complexity index is 586. The second-order valence-corrected chi connectivity index (χ2v) is 6.57. The Morgan fingerprint density at radius 1 is 1.24 bits per heavy atom. The summed E-state index contributed by atoms with van der Waals surface area (Å²) in [6.45, 7) is 2.66. The zero-order valence-electron chi connectivity index (χ0n) is 11.9. The van der Waals surface area contributed by atoms with Gasteiger partial charge in [0.05, 0.1) is 4.88 Å². The molecule has 0 fully saturated rings. The van der Waals surface area contributed by atoms with Crippen LogP contribution in [0.4, 0.5) is 0 Å². The molecule has 0 aliphatic heterocycles. The van der Waals surface area contributed by atoms with Crippen molar-refractivity contribution in [3.05, 3.63) is 45.7 Å². The molecule has 1 heterocycles. The van der Waals surface area contributed by atoms with Crippen molar-refractivity contribution in [2.75, 3.05) is 13.6 Å². The van der Waals surface area contributed by atoms with E-state index in [0.717, 1.165) is 19.8 Å². The summed E-state index contributed by atoms with van der Waals surface area (Å²) < 4.78 is 1.05. The number of benzene rings is 1. The second kappa shape index (κ2) is 8.54. The molecule has 0 saturated carbocycles. The molecule has 3 nitrogen and oxygen atoms in total. The van der Waals surface area contributed by atoms with E-state index in [9.17, 15) is 4.79 Å². The van der Waals surface area contributed by atoms with E-state index in [1.165, 1.54) is 11.3 Å². The quantitative estimate of drug-likeness (QED) is 0.813. The lowest BCUT2D eigenvalue weighted by atomic mass is 10.2. The van der Waals surface area contributed by atoms with E-state index in [4.69, 9.17) is 0 Å². The van der Waals surface area contributed by atoms with E-state index >= 15 is 0 Å². The number of hydrogen-bond donors (Lipinski definition) is 2. The van der Waals surface area contributed by atoms with E-state index in [2.05, 4.69) is 26.6 Å². The Hall–Kier alpha value is -0.880. The van der Waals surface area contributed by atoms with E-state index < -0.39 is 0 Å². The SMILES string of the molecule is CNC(C)CNC(=O)c1ccc(-c2ccc(Br)cc2)s1.Cl. The van der Waals surface area contributed by atoms with Gasteiger partial charge >= 0.3 is 0 Å². The van der Waals surface area contributed by atoms with Crippen LogP contribution in [0.25, 0.3) is 10.4 Å². The van der Waals surface area contributed by atoms with Crippen molar-refractivity contribution in [1.29, 1.82) is 0 Å². The highest BCUT2D eigenvalue weighted by atomic mass is 79.9. The van der Waals surface area contributed by atoms with Crippen LogP contribution >= 0.6 is 39.7 Å². The number of hydrogen-bond acceptors (Lipinski definition) is 3. The monoisotopic (exact) mass is 388 g/mol. The van der Waals surface area contributed by atoms with Crippen molar-refractivity contribution in [3.63, 3.8) is 0 Å². The smallest absolute Gasteiger partial charge is 0.261 e. The summed E-state index contributed by atoms with van der Waals surface area (Å²) in [7, 11) is 1.88. The molecule has 1 unspecified atom stereocenters. The molecule has 1 amide bonds. The first-order valence-electron chi connectivity index (χ1n) is 6.41. The summed E-state index contributed by atoms with van der Waals surface area (Å²) in [5, 5.41) is 6.02. The van der Waals surface area contributed by atoms with Crippen LogP contribution < -0.4 is 10.6 Å². The summed E-state index contributed by atoms with van der Waals surface area (Å²) in [5.74, 6) is -0.0135. The van der Waals surface area contributed by atoms with Crippen LogP contribution in [0, 0.1) is 0 Å². The van der Waals surface area contributed by atoms with Crippen LogP contribution in [0.2, 0.25) is 0 Å². The minimum atomic E-state index is -0.0135. The Labute approximate surface area is 143 Å². The van der Waals surface area contributed by atoms with Crippen LogP contribution in [-0.4, -0.2) is 25.5 Å². The Kier molecular flexibility index (Phi) is 7.39. The summed E-state index contributed by atoms with van der Waals surface area (Å²) in [4.78, 5) is 13.9. The first kappa shape index (κ1) is 18.2. The van der Waals surface area contributed by atoms with Crippen molar-refractivity contribution in [3.8, 4) is 10.4 Å². The number of carbonyl (C=O) groups is 1. The molecule has 0 saturated heterocycles. The molecular formula is C15H18BrClN2OS. The second-order valence-electron chi connectivity index (χ2n) is 4.57. The third kappa shape index (κ3) is 5.11. The van der Waals surface area contributed by atoms with Gasteiger partial charge in [0.25, 0.3) is 5.91 Å². The maximum atomic E-state index is 12.0. The van der Waals surface area contributed by atoms with Gasteiger partial charge in [0.2, 0.25) is 0 Å². The molecule has 0 aliphatic rings. The van der Waals surface area contributed by atoms with Gasteiger partial charge in [-0.25, -0.2) is 0 Å². The standard InChI is InChI=1S/C15H17BrN2OS.ClH/c1-10(17-2)9-18-15(19)14-8-7-13(20-14)11-3-5-12(16)6-4-11;/h3-8,10,17H,9H2,1-2H3,(H,18,19);1H. The van der Waals surface area contributed by atoms with Gasteiger partial charge in [-0.15, -0.1) is 23.7 Å². The molecule has 114 valence electrons. The fraction of sp³-hybridized carbons (Fsp3) is 0.267. The van der Waals surface area contributed by atoms with E-state index in [1.54, 1.807) is 0 Å². The Morgan fingerprint density at radius 2 is 1.90 bits per heavy atom. The van der Waals surface area contributed by atoms with Crippen molar-refractivity contribution in [1.82, 2.24) is 10.6 Å². The average Bonchev–Trinajstić information content (AvgIpc) is 2.95. The molecule has 6 heteroatoms. The number of amides is 1. The minimum absolute atomic E-state index is 0. The maximum Gasteiger partial charge on any atom is 0.261 e. The van der Waals surface area contributed by atoms with Crippen LogP contribution in [0.5, 0.6) is 0 Å². The third-order valence-electron chi connectivity index (χ3n) is 3.02. The Balaban J connectivity index is 0.00000220. The van der Waals surface area contributed by atoms with Gasteiger partial charge in [0.1, 0.15) is 0 Å². The summed E-state index contributed by atoms with van der Waals surface area (Å²) >= 11 is 4.93. The lowest BCUT2D eigenvalue weighted by Gasteiger charge is -2.10. The lowest BCUT2D eigenvalue weighted by Crippen LogP contribution is -2.36. The van der Waals surface area contributed by atoms with Crippen molar-refractivity contribution >= 4 is 45.6 Å². The highest BCUT2D eigenvalue weighted by Gasteiger charge is 2.10. The molecule has 0 spiro atoms. The highest BCUT2D eigenvalue weighted by molar-refractivity contribution is 9.10. The number of likely N-dealkylation sites (N-methyl/N-ethyl adjacent to an activating group) is 1. The highest BCUT2D eigenvalue weighted by Crippen LogP contribution is 2.29. The van der Waals surface area contributed by atoms with Crippen LogP contribution in [0.1, 0.15) is 16.6 Å². The summed E-state index contributed by atoms with van der Waals surface area (Å²) in [5.41, 5.74) is 1.13. The molecule has 1 aromatic carbocycles. The zero-order valence-corrected chi connectivity index (χ0v) is 15.1. The van der Waals surface area contributed by atoms with Crippen LogP contribution in [-0.2, 0) is 0 Å². The predicted molar refractivity (Wildman–Crippen MR) is 95.6 cm³/mol. The fourth-order valence-corrected chi connectivity index (χ4v) is 2.86. The zero-order chi connectivity index (χ0) is 14.5. The molecule has 1 atom stereocenters. The van der Waals surface area contributed by atoms with Gasteiger partial charge in [-0.05, 0) is 43.8 Å². The molecule has 0 radical (unpaired) electrons. The van der Waals surface area contributed by atoms with E-state index in [0.29, 0.717) is 6.54 Å². The normalized spacial score (nSPS) is 11.6. The predicted octanol–water partition coefficient (Wildman–Crippen LogP) is 3.94. The van der Waals surface area contributed by atoms with Gasteiger partial charge in [-0.3, -0.25) is 4.79 Å². The van der Waals surface area contributed by atoms with E-state index in [1.807, 2.05) is 50.4 Å². The number of halogens is 2. The van der Waals surface area contributed by atoms with E-state index in [-0.39, 0.29) is 24.4 Å².